The third-order valence-corrected chi connectivity index (χ3v) is 3.75. The first kappa shape index (κ1) is 12.2. The molecule has 0 aliphatic rings. The number of aromatic nitrogens is 1. The molecule has 4 heteroatoms. The minimum Gasteiger partial charge on any atom is -0.481 e. The fourth-order valence-electron chi connectivity index (χ4n) is 2.23. The number of aryl methyl sites for hydroxylation is 1. The number of carboxylic acid groups (broad SMARTS) is 1. The summed E-state index contributed by atoms with van der Waals surface area (Å²) >= 11 is 3.50. The number of carbonyl (C=O) groups is 1. The van der Waals surface area contributed by atoms with Crippen molar-refractivity contribution in [2.75, 3.05) is 0 Å². The first-order valence-electron chi connectivity index (χ1n) is 5.53. The monoisotopic (exact) mass is 295 g/mol. The number of halogens is 1. The third-order valence-electron chi connectivity index (χ3n) is 3.11. The first-order chi connectivity index (χ1) is 8.06. The molecule has 0 bridgehead atoms. The van der Waals surface area contributed by atoms with Crippen LogP contribution in [0, 0.1) is 0 Å². The van der Waals surface area contributed by atoms with Gasteiger partial charge in [0.2, 0.25) is 0 Å². The Hall–Kier alpha value is -1.29. The Morgan fingerprint density at radius 2 is 2.24 bits per heavy atom. The molecule has 1 atom stereocenters. The van der Waals surface area contributed by atoms with Crippen LogP contribution < -0.4 is 0 Å². The van der Waals surface area contributed by atoms with Crippen molar-refractivity contribution in [3.05, 3.63) is 34.4 Å². The fraction of sp³-hybridized carbons (Fsp3) is 0.308. The molecule has 0 saturated carbocycles. The van der Waals surface area contributed by atoms with Gasteiger partial charge < -0.3 is 9.67 Å². The topological polar surface area (TPSA) is 42.2 Å². The number of rotatable bonds is 3. The molecule has 2 aromatic rings. The van der Waals surface area contributed by atoms with E-state index in [9.17, 15) is 9.90 Å². The Morgan fingerprint density at radius 1 is 1.53 bits per heavy atom. The number of nitrogens with zero attached hydrogens (tertiary/aromatic N) is 1. The summed E-state index contributed by atoms with van der Waals surface area (Å²) < 4.78 is 2.95. The molecular weight excluding hydrogens is 282 g/mol. The van der Waals surface area contributed by atoms with Gasteiger partial charge in [-0.25, -0.2) is 0 Å². The van der Waals surface area contributed by atoms with Gasteiger partial charge in [0.25, 0.3) is 0 Å². The molecule has 0 amide bonds. The van der Waals surface area contributed by atoms with E-state index in [4.69, 9.17) is 0 Å². The average molecular weight is 296 g/mol. The molecule has 1 unspecified atom stereocenters. The maximum absolute atomic E-state index is 11.2. The molecule has 17 heavy (non-hydrogen) atoms. The minimum atomic E-state index is -0.769. The van der Waals surface area contributed by atoms with E-state index in [0.29, 0.717) is 6.42 Å². The van der Waals surface area contributed by atoms with E-state index in [2.05, 4.69) is 15.9 Å². The number of hydrogen-bond acceptors (Lipinski definition) is 1. The molecular formula is C13H14BrNO2. The van der Waals surface area contributed by atoms with E-state index in [1.807, 2.05) is 42.8 Å². The van der Waals surface area contributed by atoms with Gasteiger partial charge in [-0.05, 0) is 34.5 Å². The van der Waals surface area contributed by atoms with Crippen molar-refractivity contribution in [3.8, 4) is 0 Å². The van der Waals surface area contributed by atoms with Crippen LogP contribution in [0.5, 0.6) is 0 Å². The molecule has 1 N–H and O–H groups in total. The molecule has 1 aromatic heterocycles. The van der Waals surface area contributed by atoms with Crippen LogP contribution in [0.25, 0.3) is 10.9 Å². The van der Waals surface area contributed by atoms with Gasteiger partial charge in [-0.1, -0.05) is 19.1 Å². The quantitative estimate of drug-likeness (QED) is 0.941. The van der Waals surface area contributed by atoms with Gasteiger partial charge in [0.1, 0.15) is 0 Å². The first-order valence-corrected chi connectivity index (χ1v) is 6.32. The molecule has 1 aromatic carbocycles. The molecule has 0 saturated heterocycles. The Kier molecular flexibility index (Phi) is 3.24. The van der Waals surface area contributed by atoms with Crippen molar-refractivity contribution in [1.29, 1.82) is 0 Å². The summed E-state index contributed by atoms with van der Waals surface area (Å²) in [6, 6.07) is 7.88. The third kappa shape index (κ3) is 1.97. The second-order valence-corrected chi connectivity index (χ2v) is 4.96. The van der Waals surface area contributed by atoms with E-state index < -0.39 is 11.9 Å². The van der Waals surface area contributed by atoms with Gasteiger partial charge in [-0.2, -0.15) is 0 Å². The van der Waals surface area contributed by atoms with Crippen LogP contribution in [0.2, 0.25) is 0 Å². The second kappa shape index (κ2) is 4.53. The number of fused-ring (bicyclic) bond motifs is 1. The van der Waals surface area contributed by atoms with Crippen LogP contribution in [0.3, 0.4) is 0 Å². The lowest BCUT2D eigenvalue weighted by Crippen LogP contribution is -2.13. The highest BCUT2D eigenvalue weighted by atomic mass is 79.9. The van der Waals surface area contributed by atoms with Gasteiger partial charge in [0.15, 0.2) is 0 Å². The van der Waals surface area contributed by atoms with Crippen molar-refractivity contribution in [2.45, 2.75) is 19.3 Å². The molecule has 3 nitrogen and oxygen atoms in total. The van der Waals surface area contributed by atoms with Crippen LogP contribution in [0.15, 0.2) is 28.7 Å². The van der Waals surface area contributed by atoms with Crippen LogP contribution in [-0.4, -0.2) is 15.6 Å². The van der Waals surface area contributed by atoms with Gasteiger partial charge in [-0.3, -0.25) is 4.79 Å². The molecule has 0 fully saturated rings. The number of carboxylic acids is 1. The lowest BCUT2D eigenvalue weighted by atomic mass is 10.0. The largest absolute Gasteiger partial charge is 0.481 e. The summed E-state index contributed by atoms with van der Waals surface area (Å²) in [5.74, 6) is -1.21. The van der Waals surface area contributed by atoms with Gasteiger partial charge >= 0.3 is 5.97 Å². The summed E-state index contributed by atoms with van der Waals surface area (Å²) in [4.78, 5) is 11.2. The van der Waals surface area contributed by atoms with Crippen molar-refractivity contribution in [3.63, 3.8) is 0 Å². The normalized spacial score (nSPS) is 12.9. The summed E-state index contributed by atoms with van der Waals surface area (Å²) in [5, 5.41) is 10.3. The summed E-state index contributed by atoms with van der Waals surface area (Å²) in [6.45, 7) is 1.89. The Balaban J connectivity index is 2.67. The van der Waals surface area contributed by atoms with E-state index in [0.717, 1.165) is 21.1 Å². The fourth-order valence-corrected chi connectivity index (χ4v) is 2.88. The summed E-state index contributed by atoms with van der Waals surface area (Å²) in [7, 11) is 1.91. The van der Waals surface area contributed by atoms with Crippen LogP contribution in [0.4, 0.5) is 0 Å². The van der Waals surface area contributed by atoms with Crippen LogP contribution in [0.1, 0.15) is 25.0 Å². The van der Waals surface area contributed by atoms with Gasteiger partial charge in [-0.15, -0.1) is 0 Å². The number of para-hydroxylation sites is 1. The summed E-state index contributed by atoms with van der Waals surface area (Å²) in [5.41, 5.74) is 1.89. The van der Waals surface area contributed by atoms with E-state index in [1.165, 1.54) is 0 Å². The minimum absolute atomic E-state index is 0.445. The summed E-state index contributed by atoms with van der Waals surface area (Å²) in [6.07, 6.45) is 0.594. The van der Waals surface area contributed by atoms with Crippen molar-refractivity contribution < 1.29 is 9.90 Å². The van der Waals surface area contributed by atoms with Gasteiger partial charge in [0, 0.05) is 22.6 Å². The van der Waals surface area contributed by atoms with E-state index in [-0.39, 0.29) is 0 Å². The average Bonchev–Trinajstić information content (AvgIpc) is 2.58. The zero-order valence-corrected chi connectivity index (χ0v) is 11.4. The lowest BCUT2D eigenvalue weighted by Gasteiger charge is -2.11. The smallest absolute Gasteiger partial charge is 0.312 e. The van der Waals surface area contributed by atoms with Crippen molar-refractivity contribution in [1.82, 2.24) is 4.57 Å². The zero-order chi connectivity index (χ0) is 12.6. The molecule has 0 aliphatic heterocycles. The number of aliphatic carboxylic acids is 1. The maximum atomic E-state index is 11.2. The predicted octanol–water partition coefficient (Wildman–Crippen LogP) is 3.52. The Labute approximate surface area is 108 Å². The highest BCUT2D eigenvalue weighted by Gasteiger charge is 2.22. The SMILES string of the molecule is CCC(C(=O)O)c1cc2cccc(Br)c2n1C. The predicted molar refractivity (Wildman–Crippen MR) is 71.3 cm³/mol. The van der Waals surface area contributed by atoms with E-state index >= 15 is 0 Å². The lowest BCUT2D eigenvalue weighted by molar-refractivity contribution is -0.139. The Bertz CT molecular complexity index is 574. The van der Waals surface area contributed by atoms with Crippen LogP contribution >= 0.6 is 15.9 Å². The molecule has 2 rings (SSSR count). The van der Waals surface area contributed by atoms with Crippen LogP contribution in [-0.2, 0) is 11.8 Å². The molecule has 0 spiro atoms. The van der Waals surface area contributed by atoms with Crippen molar-refractivity contribution >= 4 is 32.8 Å². The zero-order valence-electron chi connectivity index (χ0n) is 9.77. The number of benzene rings is 1. The Morgan fingerprint density at radius 3 is 2.76 bits per heavy atom. The van der Waals surface area contributed by atoms with Gasteiger partial charge in [0.05, 0.1) is 11.4 Å². The molecule has 1 heterocycles. The second-order valence-electron chi connectivity index (χ2n) is 4.10. The van der Waals surface area contributed by atoms with E-state index in [1.54, 1.807) is 0 Å². The maximum Gasteiger partial charge on any atom is 0.312 e. The molecule has 0 aliphatic carbocycles. The standard InChI is InChI=1S/C13H14BrNO2/c1-3-9(13(16)17)11-7-8-5-4-6-10(14)12(8)15(11)2/h4-7,9H,3H2,1-2H3,(H,16,17). The molecule has 90 valence electrons. The highest BCUT2D eigenvalue weighted by molar-refractivity contribution is 9.10. The highest BCUT2D eigenvalue weighted by Crippen LogP contribution is 2.31. The van der Waals surface area contributed by atoms with Crippen molar-refractivity contribution in [2.24, 2.45) is 7.05 Å². The number of hydrogen-bond donors (Lipinski definition) is 1. The molecule has 0 radical (unpaired) electrons.